The van der Waals surface area contributed by atoms with Gasteiger partial charge < -0.3 is 0 Å². The minimum Gasteiger partial charge on any atom is -0.261 e. The lowest BCUT2D eigenvalue weighted by Crippen LogP contribution is -1.73. The molecule has 1 aromatic carbocycles. The molecular weight excluding hydrogens is 158 g/mol. The number of aryl methyl sites for hydroxylation is 1. The van der Waals surface area contributed by atoms with Crippen LogP contribution >= 0.6 is 11.6 Å². The van der Waals surface area contributed by atoms with Crippen LogP contribution in [0.5, 0.6) is 0 Å². The lowest BCUT2D eigenvalue weighted by Gasteiger charge is -1.97. The van der Waals surface area contributed by atoms with Gasteiger partial charge in [0.05, 0.1) is 5.69 Å². The van der Waals surface area contributed by atoms with Crippen LogP contribution in [-0.4, -0.2) is 6.21 Å². The second-order valence-corrected chi connectivity index (χ2v) is 2.73. The summed E-state index contributed by atoms with van der Waals surface area (Å²) in [7, 11) is 0. The van der Waals surface area contributed by atoms with E-state index in [-0.39, 0.29) is 0 Å². The zero-order chi connectivity index (χ0) is 8.27. The molecule has 0 saturated heterocycles. The zero-order valence-electron chi connectivity index (χ0n) is 6.63. The first kappa shape index (κ1) is 8.28. The zero-order valence-corrected chi connectivity index (χ0v) is 7.39. The molecule has 58 valence electrons. The van der Waals surface area contributed by atoms with Gasteiger partial charge in [-0.3, -0.25) is 4.99 Å². The summed E-state index contributed by atoms with van der Waals surface area (Å²) in [5.74, 6) is 0. The molecule has 0 aliphatic rings. The van der Waals surface area contributed by atoms with Crippen LogP contribution in [0.1, 0.15) is 12.5 Å². The maximum Gasteiger partial charge on any atom is 0.0640 e. The molecule has 0 aliphatic heterocycles. The number of rotatable bonds is 1. The molecule has 11 heavy (non-hydrogen) atoms. The summed E-state index contributed by atoms with van der Waals surface area (Å²) in [5, 5.41) is 0.771. The van der Waals surface area contributed by atoms with Gasteiger partial charge in [-0.1, -0.05) is 17.7 Å². The average molecular weight is 168 g/mol. The average Bonchev–Trinajstić information content (AvgIpc) is 1.98. The third-order valence-electron chi connectivity index (χ3n) is 1.43. The first-order valence-corrected chi connectivity index (χ1v) is 3.86. The summed E-state index contributed by atoms with van der Waals surface area (Å²) in [5.41, 5.74) is 1.99. The Labute approximate surface area is 71.7 Å². The van der Waals surface area contributed by atoms with E-state index in [4.69, 9.17) is 11.6 Å². The smallest absolute Gasteiger partial charge is 0.0640 e. The predicted molar refractivity (Wildman–Crippen MR) is 50.0 cm³/mol. The summed E-state index contributed by atoms with van der Waals surface area (Å²) >= 11 is 5.88. The van der Waals surface area contributed by atoms with Crippen molar-refractivity contribution in [3.05, 3.63) is 28.8 Å². The lowest BCUT2D eigenvalue weighted by atomic mass is 10.2. The van der Waals surface area contributed by atoms with Gasteiger partial charge in [0.1, 0.15) is 0 Å². The monoisotopic (exact) mass is 167 g/mol. The van der Waals surface area contributed by atoms with Crippen LogP contribution in [0.3, 0.4) is 0 Å². The number of hydrogen-bond acceptors (Lipinski definition) is 1. The van der Waals surface area contributed by atoms with E-state index in [0.29, 0.717) is 0 Å². The number of hydrogen-bond donors (Lipinski definition) is 0. The number of nitrogens with zero attached hydrogens (tertiary/aromatic N) is 1. The highest BCUT2D eigenvalue weighted by molar-refractivity contribution is 6.31. The van der Waals surface area contributed by atoms with Crippen molar-refractivity contribution < 1.29 is 0 Å². The number of benzene rings is 1. The Kier molecular flexibility index (Phi) is 2.66. The normalized spacial score (nSPS) is 10.8. The van der Waals surface area contributed by atoms with E-state index in [1.165, 1.54) is 0 Å². The fourth-order valence-electron chi connectivity index (χ4n) is 0.811. The Morgan fingerprint density at radius 2 is 2.18 bits per heavy atom. The highest BCUT2D eigenvalue weighted by atomic mass is 35.5. The van der Waals surface area contributed by atoms with Gasteiger partial charge in [0.2, 0.25) is 0 Å². The summed E-state index contributed by atoms with van der Waals surface area (Å²) in [6, 6.07) is 5.77. The maximum atomic E-state index is 5.88. The standard InChI is InChI=1S/C9H10ClN/c1-3-11-8-5-4-7(2)9(10)6-8/h3-6H,1-2H3. The van der Waals surface area contributed by atoms with E-state index in [0.717, 1.165) is 16.3 Å². The molecule has 0 saturated carbocycles. The lowest BCUT2D eigenvalue weighted by molar-refractivity contribution is 1.44. The quantitative estimate of drug-likeness (QED) is 0.569. The number of aliphatic imine (C=N–C) groups is 1. The molecule has 1 nitrogen and oxygen atoms in total. The van der Waals surface area contributed by atoms with Crippen molar-refractivity contribution in [2.24, 2.45) is 4.99 Å². The van der Waals surface area contributed by atoms with Gasteiger partial charge in [-0.05, 0) is 31.5 Å². The largest absolute Gasteiger partial charge is 0.261 e. The van der Waals surface area contributed by atoms with Crippen molar-refractivity contribution in [2.75, 3.05) is 0 Å². The Morgan fingerprint density at radius 3 is 2.73 bits per heavy atom. The Morgan fingerprint density at radius 1 is 1.45 bits per heavy atom. The molecule has 0 atom stereocenters. The minimum absolute atomic E-state index is 0.771. The van der Waals surface area contributed by atoms with Crippen LogP contribution in [0.2, 0.25) is 5.02 Å². The molecule has 0 aliphatic carbocycles. The third kappa shape index (κ3) is 2.05. The van der Waals surface area contributed by atoms with Crippen LogP contribution in [0.25, 0.3) is 0 Å². The third-order valence-corrected chi connectivity index (χ3v) is 1.84. The predicted octanol–water partition coefficient (Wildman–Crippen LogP) is 3.37. The highest BCUT2D eigenvalue weighted by Gasteiger charge is 1.94. The highest BCUT2D eigenvalue weighted by Crippen LogP contribution is 2.21. The Balaban J connectivity index is 3.05. The van der Waals surface area contributed by atoms with E-state index in [1.54, 1.807) is 6.21 Å². The molecule has 0 amide bonds. The molecule has 0 radical (unpaired) electrons. The molecular formula is C9H10ClN. The molecule has 2 heteroatoms. The van der Waals surface area contributed by atoms with Crippen molar-refractivity contribution in [1.82, 2.24) is 0 Å². The van der Waals surface area contributed by atoms with Crippen molar-refractivity contribution in [3.63, 3.8) is 0 Å². The van der Waals surface area contributed by atoms with E-state index in [2.05, 4.69) is 4.99 Å². The molecule has 0 N–H and O–H groups in total. The van der Waals surface area contributed by atoms with Gasteiger partial charge in [-0.15, -0.1) is 0 Å². The van der Waals surface area contributed by atoms with Crippen molar-refractivity contribution >= 4 is 23.5 Å². The van der Waals surface area contributed by atoms with Gasteiger partial charge in [0.15, 0.2) is 0 Å². The second kappa shape index (κ2) is 3.54. The van der Waals surface area contributed by atoms with E-state index >= 15 is 0 Å². The van der Waals surface area contributed by atoms with Crippen LogP contribution in [-0.2, 0) is 0 Å². The summed E-state index contributed by atoms with van der Waals surface area (Å²) in [6.45, 7) is 3.86. The SMILES string of the molecule is CC=Nc1ccc(C)c(Cl)c1. The van der Waals surface area contributed by atoms with Gasteiger partial charge in [0.25, 0.3) is 0 Å². The first-order chi connectivity index (χ1) is 5.24. The van der Waals surface area contributed by atoms with Gasteiger partial charge in [0, 0.05) is 11.2 Å². The molecule has 1 rings (SSSR count). The second-order valence-electron chi connectivity index (χ2n) is 2.32. The van der Waals surface area contributed by atoms with Gasteiger partial charge in [-0.2, -0.15) is 0 Å². The minimum atomic E-state index is 0.771. The topological polar surface area (TPSA) is 12.4 Å². The molecule has 0 heterocycles. The van der Waals surface area contributed by atoms with Crippen molar-refractivity contribution in [2.45, 2.75) is 13.8 Å². The van der Waals surface area contributed by atoms with E-state index in [9.17, 15) is 0 Å². The Bertz CT molecular complexity index is 279. The summed E-state index contributed by atoms with van der Waals surface area (Å²) < 4.78 is 0. The van der Waals surface area contributed by atoms with Crippen LogP contribution in [0.4, 0.5) is 5.69 Å². The van der Waals surface area contributed by atoms with Crippen LogP contribution < -0.4 is 0 Å². The van der Waals surface area contributed by atoms with Crippen LogP contribution in [0, 0.1) is 6.92 Å². The Hall–Kier alpha value is -0.820. The molecule has 0 spiro atoms. The summed E-state index contributed by atoms with van der Waals surface area (Å²) in [6.07, 6.45) is 1.75. The van der Waals surface area contributed by atoms with Crippen molar-refractivity contribution in [1.29, 1.82) is 0 Å². The molecule has 0 unspecified atom stereocenters. The fraction of sp³-hybridized carbons (Fsp3) is 0.222. The van der Waals surface area contributed by atoms with Gasteiger partial charge in [-0.25, -0.2) is 0 Å². The fourth-order valence-corrected chi connectivity index (χ4v) is 0.986. The summed E-state index contributed by atoms with van der Waals surface area (Å²) in [4.78, 5) is 4.10. The first-order valence-electron chi connectivity index (χ1n) is 3.49. The van der Waals surface area contributed by atoms with E-state index in [1.807, 2.05) is 32.0 Å². The number of halogens is 1. The van der Waals surface area contributed by atoms with Crippen LogP contribution in [0.15, 0.2) is 23.2 Å². The molecule has 0 bridgehead atoms. The molecule has 1 aromatic rings. The van der Waals surface area contributed by atoms with Crippen molar-refractivity contribution in [3.8, 4) is 0 Å². The van der Waals surface area contributed by atoms with Gasteiger partial charge >= 0.3 is 0 Å². The molecule has 0 fully saturated rings. The van der Waals surface area contributed by atoms with E-state index < -0.39 is 0 Å². The maximum absolute atomic E-state index is 5.88. The molecule has 0 aromatic heterocycles.